The van der Waals surface area contributed by atoms with Crippen LogP contribution in [0.25, 0.3) is 0 Å². The van der Waals surface area contributed by atoms with E-state index in [-0.39, 0.29) is 18.6 Å². The number of aryl methyl sites for hydroxylation is 4. The summed E-state index contributed by atoms with van der Waals surface area (Å²) in [6, 6.07) is 5.64. The van der Waals surface area contributed by atoms with Gasteiger partial charge in [0, 0.05) is 19.0 Å². The summed E-state index contributed by atoms with van der Waals surface area (Å²) in [5.74, 6) is -1.13. The first-order valence-corrected chi connectivity index (χ1v) is 9.21. The number of nitrogens with one attached hydrogen (secondary N) is 1. The minimum atomic E-state index is -0.970. The molecular formula is C21H27N3O4. The Hall–Kier alpha value is -2.96. The number of nitrogens with zero attached hydrogens (tertiary/aromatic N) is 2. The van der Waals surface area contributed by atoms with Crippen molar-refractivity contribution < 1.29 is 19.1 Å². The molecule has 7 nitrogen and oxygen atoms in total. The van der Waals surface area contributed by atoms with E-state index in [0.717, 1.165) is 16.8 Å². The van der Waals surface area contributed by atoms with Crippen molar-refractivity contribution in [2.75, 3.05) is 5.32 Å². The van der Waals surface area contributed by atoms with Crippen LogP contribution < -0.4 is 5.32 Å². The predicted octanol–water partition coefficient (Wildman–Crippen LogP) is 3.19. The third kappa shape index (κ3) is 5.06. The SMILES string of the molecule is Cc1ccc(C)c(C(=O)CCC(=O)O[C@H](C)C(=O)Nc2c(C)nn(C)c2C)c1. The highest BCUT2D eigenvalue weighted by Crippen LogP contribution is 2.19. The molecular weight excluding hydrogens is 358 g/mol. The lowest BCUT2D eigenvalue weighted by atomic mass is 9.99. The van der Waals surface area contributed by atoms with Gasteiger partial charge in [0.25, 0.3) is 5.91 Å². The first kappa shape index (κ1) is 21.3. The number of amides is 1. The zero-order chi connectivity index (χ0) is 21.0. The van der Waals surface area contributed by atoms with Gasteiger partial charge in [0.05, 0.1) is 23.5 Å². The molecule has 0 radical (unpaired) electrons. The van der Waals surface area contributed by atoms with Crippen molar-refractivity contribution >= 4 is 23.3 Å². The van der Waals surface area contributed by atoms with Crippen LogP contribution in [0.1, 0.15) is 52.6 Å². The van der Waals surface area contributed by atoms with Crippen molar-refractivity contribution in [2.45, 2.75) is 53.6 Å². The summed E-state index contributed by atoms with van der Waals surface area (Å²) in [5, 5.41) is 6.97. The summed E-state index contributed by atoms with van der Waals surface area (Å²) in [4.78, 5) is 36.7. The second kappa shape index (κ2) is 8.82. The number of ether oxygens (including phenoxy) is 1. The Labute approximate surface area is 165 Å². The Morgan fingerprint density at radius 3 is 2.43 bits per heavy atom. The van der Waals surface area contributed by atoms with Crippen LogP contribution in [0.3, 0.4) is 0 Å². The molecule has 2 aromatic rings. The van der Waals surface area contributed by atoms with Gasteiger partial charge in [-0.25, -0.2) is 0 Å². The fraction of sp³-hybridized carbons (Fsp3) is 0.429. The number of rotatable bonds is 7. The highest BCUT2D eigenvalue weighted by molar-refractivity contribution is 5.99. The number of hydrogen-bond donors (Lipinski definition) is 1. The second-order valence-corrected chi connectivity index (χ2v) is 7.03. The minimum Gasteiger partial charge on any atom is -0.453 e. The van der Waals surface area contributed by atoms with E-state index >= 15 is 0 Å². The van der Waals surface area contributed by atoms with Crippen LogP contribution in [0, 0.1) is 27.7 Å². The number of ketones is 1. The molecule has 2 rings (SSSR count). The molecule has 0 spiro atoms. The number of benzene rings is 1. The molecule has 0 aliphatic heterocycles. The maximum atomic E-state index is 12.4. The van der Waals surface area contributed by atoms with Gasteiger partial charge in [-0.1, -0.05) is 17.7 Å². The number of aromatic nitrogens is 2. The number of hydrogen-bond acceptors (Lipinski definition) is 5. The van der Waals surface area contributed by atoms with E-state index in [1.165, 1.54) is 6.92 Å². The standard InChI is InChI=1S/C21H27N3O4/c1-12-7-8-13(2)17(11-12)18(25)9-10-19(26)28-16(5)21(27)22-20-14(3)23-24(6)15(20)4/h7-8,11,16H,9-10H2,1-6H3,(H,22,27)/t16-/m1/s1. The first-order chi connectivity index (χ1) is 13.1. The largest absolute Gasteiger partial charge is 0.453 e. The lowest BCUT2D eigenvalue weighted by Gasteiger charge is -2.14. The lowest BCUT2D eigenvalue weighted by Crippen LogP contribution is -2.30. The number of esters is 1. The van der Waals surface area contributed by atoms with Gasteiger partial charge >= 0.3 is 5.97 Å². The number of carbonyl (C=O) groups excluding carboxylic acids is 3. The third-order valence-electron chi connectivity index (χ3n) is 4.68. The Morgan fingerprint density at radius 2 is 1.82 bits per heavy atom. The van der Waals surface area contributed by atoms with E-state index in [0.29, 0.717) is 16.9 Å². The van der Waals surface area contributed by atoms with Gasteiger partial charge in [0.1, 0.15) is 0 Å². The Kier molecular flexibility index (Phi) is 6.72. The smallest absolute Gasteiger partial charge is 0.307 e. The van der Waals surface area contributed by atoms with Gasteiger partial charge in [-0.3, -0.25) is 19.1 Å². The molecule has 1 heterocycles. The van der Waals surface area contributed by atoms with Crippen LogP contribution in [0.15, 0.2) is 18.2 Å². The maximum absolute atomic E-state index is 12.4. The van der Waals surface area contributed by atoms with Gasteiger partial charge in [-0.2, -0.15) is 5.10 Å². The summed E-state index contributed by atoms with van der Waals surface area (Å²) in [5.41, 5.74) is 4.58. The lowest BCUT2D eigenvalue weighted by molar-refractivity contribution is -0.153. The van der Waals surface area contributed by atoms with E-state index in [1.807, 2.05) is 39.0 Å². The van der Waals surface area contributed by atoms with Crippen molar-refractivity contribution in [3.8, 4) is 0 Å². The molecule has 0 saturated carbocycles. The summed E-state index contributed by atoms with van der Waals surface area (Å²) in [7, 11) is 1.79. The summed E-state index contributed by atoms with van der Waals surface area (Å²) < 4.78 is 6.85. The molecule has 1 aromatic heterocycles. The van der Waals surface area contributed by atoms with E-state index in [1.54, 1.807) is 18.7 Å². The van der Waals surface area contributed by atoms with Crippen LogP contribution in [0.5, 0.6) is 0 Å². The quantitative estimate of drug-likeness (QED) is 0.584. The molecule has 1 amide bonds. The van der Waals surface area contributed by atoms with Gasteiger partial charge in [-0.15, -0.1) is 0 Å². The topological polar surface area (TPSA) is 90.3 Å². The van der Waals surface area contributed by atoms with Crippen molar-refractivity contribution in [3.05, 3.63) is 46.3 Å². The fourth-order valence-electron chi connectivity index (χ4n) is 2.88. The summed E-state index contributed by atoms with van der Waals surface area (Å²) in [6.45, 7) is 8.90. The second-order valence-electron chi connectivity index (χ2n) is 7.03. The number of carbonyl (C=O) groups is 3. The van der Waals surface area contributed by atoms with Crippen molar-refractivity contribution in [3.63, 3.8) is 0 Å². The van der Waals surface area contributed by atoms with Crippen molar-refractivity contribution in [2.24, 2.45) is 7.05 Å². The number of anilines is 1. The Balaban J connectivity index is 1.89. The van der Waals surface area contributed by atoms with Gasteiger partial charge in [0.15, 0.2) is 11.9 Å². The van der Waals surface area contributed by atoms with Gasteiger partial charge in [0.2, 0.25) is 0 Å². The molecule has 0 aliphatic carbocycles. The average molecular weight is 385 g/mol. The van der Waals surface area contributed by atoms with E-state index in [2.05, 4.69) is 10.4 Å². The molecule has 0 saturated heterocycles. The summed E-state index contributed by atoms with van der Waals surface area (Å²) in [6.07, 6.45) is -1.00. The molecule has 0 bridgehead atoms. The van der Waals surface area contributed by atoms with Gasteiger partial charge < -0.3 is 10.1 Å². The van der Waals surface area contributed by atoms with E-state index in [4.69, 9.17) is 4.74 Å². The Bertz CT molecular complexity index is 915. The molecule has 150 valence electrons. The molecule has 1 atom stereocenters. The molecule has 0 fully saturated rings. The molecule has 0 unspecified atom stereocenters. The highest BCUT2D eigenvalue weighted by atomic mass is 16.5. The Morgan fingerprint density at radius 1 is 1.14 bits per heavy atom. The average Bonchev–Trinajstić information content (AvgIpc) is 2.87. The normalized spacial score (nSPS) is 11.8. The van der Waals surface area contributed by atoms with Crippen LogP contribution in [-0.4, -0.2) is 33.5 Å². The van der Waals surface area contributed by atoms with Gasteiger partial charge in [-0.05, 0) is 46.2 Å². The third-order valence-corrected chi connectivity index (χ3v) is 4.68. The maximum Gasteiger partial charge on any atom is 0.307 e. The minimum absolute atomic E-state index is 0.0400. The predicted molar refractivity (Wildman–Crippen MR) is 106 cm³/mol. The molecule has 28 heavy (non-hydrogen) atoms. The monoisotopic (exact) mass is 385 g/mol. The number of Topliss-reactive ketones (excluding diaryl/α,β-unsaturated/α-hetero) is 1. The van der Waals surface area contributed by atoms with Crippen LogP contribution in [0.4, 0.5) is 5.69 Å². The van der Waals surface area contributed by atoms with Crippen LogP contribution in [-0.2, 0) is 21.4 Å². The molecule has 7 heteroatoms. The van der Waals surface area contributed by atoms with E-state index in [9.17, 15) is 14.4 Å². The van der Waals surface area contributed by atoms with Crippen LogP contribution >= 0.6 is 0 Å². The van der Waals surface area contributed by atoms with E-state index < -0.39 is 18.0 Å². The van der Waals surface area contributed by atoms with Crippen molar-refractivity contribution in [1.29, 1.82) is 0 Å². The zero-order valence-electron chi connectivity index (χ0n) is 17.3. The first-order valence-electron chi connectivity index (χ1n) is 9.21. The molecule has 1 N–H and O–H groups in total. The van der Waals surface area contributed by atoms with Crippen molar-refractivity contribution in [1.82, 2.24) is 9.78 Å². The fourth-order valence-corrected chi connectivity index (χ4v) is 2.88. The zero-order valence-corrected chi connectivity index (χ0v) is 17.3. The highest BCUT2D eigenvalue weighted by Gasteiger charge is 2.21. The van der Waals surface area contributed by atoms with Crippen LogP contribution in [0.2, 0.25) is 0 Å². The summed E-state index contributed by atoms with van der Waals surface area (Å²) >= 11 is 0. The molecule has 0 aliphatic rings. The molecule has 1 aromatic carbocycles.